The highest BCUT2D eigenvalue weighted by Crippen LogP contribution is 2.14. The van der Waals surface area contributed by atoms with Crippen LogP contribution in [0.1, 0.15) is 27.0 Å². The number of hydrogen-bond donors (Lipinski definition) is 2. The van der Waals surface area contributed by atoms with Crippen LogP contribution < -0.4 is 27.0 Å². The molecule has 0 bridgehead atoms. The number of carbonyl (C=O) groups is 1. The molecule has 34 heavy (non-hydrogen) atoms. The predicted molar refractivity (Wildman–Crippen MR) is 131 cm³/mol. The summed E-state index contributed by atoms with van der Waals surface area (Å²) in [4.78, 5) is 38.9. The fourth-order valence-electron chi connectivity index (χ4n) is 3.79. The molecule has 0 spiro atoms. The fourth-order valence-corrected chi connectivity index (χ4v) is 3.79. The first-order chi connectivity index (χ1) is 16.4. The maximum Gasteiger partial charge on any atom is 0.331 e. The first-order valence-corrected chi connectivity index (χ1v) is 10.8. The second-order valence-corrected chi connectivity index (χ2v) is 8.02. The van der Waals surface area contributed by atoms with Crippen molar-refractivity contribution in [1.82, 2.24) is 14.5 Å². The van der Waals surface area contributed by atoms with Crippen LogP contribution in [0.5, 0.6) is 5.75 Å². The first-order valence-electron chi connectivity index (χ1n) is 10.8. The lowest BCUT2D eigenvalue weighted by atomic mass is 10.1. The van der Waals surface area contributed by atoms with Crippen LogP contribution in [0.15, 0.2) is 76.3 Å². The minimum Gasteiger partial charge on any atom is -0.497 e. The van der Waals surface area contributed by atoms with E-state index in [0.717, 1.165) is 22.4 Å². The van der Waals surface area contributed by atoms with E-state index in [4.69, 9.17) is 10.5 Å². The third kappa shape index (κ3) is 4.62. The van der Waals surface area contributed by atoms with E-state index >= 15 is 0 Å². The third-order valence-corrected chi connectivity index (χ3v) is 5.82. The van der Waals surface area contributed by atoms with Gasteiger partial charge in [-0.1, -0.05) is 36.4 Å². The van der Waals surface area contributed by atoms with Crippen molar-refractivity contribution >= 4 is 16.8 Å². The fraction of sp³-hybridized carbons (Fsp3) is 0.192. The minimum absolute atomic E-state index is 0.125. The molecule has 0 aliphatic heterocycles. The van der Waals surface area contributed by atoms with Crippen LogP contribution in [0.4, 0.5) is 0 Å². The highest BCUT2D eigenvalue weighted by atomic mass is 16.5. The number of ether oxygens (including phenoxy) is 1. The van der Waals surface area contributed by atoms with E-state index in [1.54, 1.807) is 26.3 Å². The van der Waals surface area contributed by atoms with E-state index in [1.807, 2.05) is 48.5 Å². The Morgan fingerprint density at radius 3 is 2.24 bits per heavy atom. The van der Waals surface area contributed by atoms with Crippen molar-refractivity contribution in [2.24, 2.45) is 12.8 Å². The van der Waals surface area contributed by atoms with E-state index < -0.39 is 11.2 Å². The van der Waals surface area contributed by atoms with E-state index in [2.05, 4.69) is 5.32 Å². The summed E-state index contributed by atoms with van der Waals surface area (Å²) in [6.45, 7) is 0.874. The van der Waals surface area contributed by atoms with Crippen LogP contribution in [-0.4, -0.2) is 22.2 Å². The highest BCUT2D eigenvalue weighted by Gasteiger charge is 2.14. The molecule has 4 aromatic rings. The zero-order chi connectivity index (χ0) is 24.2. The number of carbonyl (C=O) groups excluding carboxylic acids is 1. The quantitative estimate of drug-likeness (QED) is 0.441. The van der Waals surface area contributed by atoms with Gasteiger partial charge in [-0.2, -0.15) is 0 Å². The Kier molecular flexibility index (Phi) is 6.60. The van der Waals surface area contributed by atoms with E-state index in [1.165, 1.54) is 15.2 Å². The standard InChI is InChI=1S/C26H26N4O4/c1-29-23-12-9-20(24(31)28-15-18-7-10-21(34-2)11-8-18)13-22(23)25(32)30(26(29)33)16-19-5-3-17(14-27)4-6-19/h3-13H,14-16,27H2,1-2H3,(H,28,31). The van der Waals surface area contributed by atoms with Gasteiger partial charge in [-0.25, -0.2) is 4.79 Å². The topological polar surface area (TPSA) is 108 Å². The molecule has 0 atom stereocenters. The molecule has 0 aliphatic carbocycles. The zero-order valence-electron chi connectivity index (χ0n) is 19.1. The van der Waals surface area contributed by atoms with Gasteiger partial charge in [0.05, 0.1) is 24.6 Å². The van der Waals surface area contributed by atoms with Gasteiger partial charge in [-0.15, -0.1) is 0 Å². The molecule has 4 rings (SSSR count). The van der Waals surface area contributed by atoms with Gasteiger partial charge in [0.25, 0.3) is 11.5 Å². The van der Waals surface area contributed by atoms with Crippen molar-refractivity contribution in [3.05, 3.63) is 110 Å². The summed E-state index contributed by atoms with van der Waals surface area (Å²) >= 11 is 0. The molecular weight excluding hydrogens is 432 g/mol. The molecule has 1 aromatic heterocycles. The average Bonchev–Trinajstić information content (AvgIpc) is 2.88. The second-order valence-electron chi connectivity index (χ2n) is 8.02. The van der Waals surface area contributed by atoms with Crippen molar-refractivity contribution in [1.29, 1.82) is 0 Å². The van der Waals surface area contributed by atoms with Gasteiger partial charge in [0.15, 0.2) is 0 Å². The SMILES string of the molecule is COc1ccc(CNC(=O)c2ccc3c(c2)c(=O)n(Cc2ccc(CN)cc2)c(=O)n3C)cc1. The van der Waals surface area contributed by atoms with E-state index in [0.29, 0.717) is 29.6 Å². The Hall–Kier alpha value is -4.17. The molecule has 0 aliphatic rings. The molecule has 0 fully saturated rings. The summed E-state index contributed by atoms with van der Waals surface area (Å²) in [6.07, 6.45) is 0. The Balaban J connectivity index is 1.62. The van der Waals surface area contributed by atoms with Crippen LogP contribution in [0.3, 0.4) is 0 Å². The third-order valence-electron chi connectivity index (χ3n) is 5.82. The van der Waals surface area contributed by atoms with Gasteiger partial charge < -0.3 is 15.8 Å². The maximum absolute atomic E-state index is 13.2. The molecule has 0 radical (unpaired) electrons. The van der Waals surface area contributed by atoms with E-state index in [9.17, 15) is 14.4 Å². The number of aryl methyl sites for hydroxylation is 1. The molecule has 8 heteroatoms. The van der Waals surface area contributed by atoms with Crippen molar-refractivity contribution in [2.75, 3.05) is 7.11 Å². The number of benzene rings is 3. The second kappa shape index (κ2) is 9.76. The largest absolute Gasteiger partial charge is 0.497 e. The number of nitrogens with zero attached hydrogens (tertiary/aromatic N) is 2. The number of fused-ring (bicyclic) bond motifs is 1. The van der Waals surface area contributed by atoms with Gasteiger partial charge in [-0.3, -0.25) is 18.7 Å². The van der Waals surface area contributed by atoms with E-state index in [-0.39, 0.29) is 12.5 Å². The smallest absolute Gasteiger partial charge is 0.331 e. The average molecular weight is 459 g/mol. The number of amides is 1. The number of nitrogens with one attached hydrogen (secondary N) is 1. The van der Waals surface area contributed by atoms with Crippen LogP contribution in [-0.2, 0) is 26.7 Å². The summed E-state index contributed by atoms with van der Waals surface area (Å²) in [6, 6.07) is 19.6. The van der Waals surface area contributed by atoms with Gasteiger partial charge in [0.1, 0.15) is 5.75 Å². The van der Waals surface area contributed by atoms with Crippen molar-refractivity contribution < 1.29 is 9.53 Å². The predicted octanol–water partition coefficient (Wildman–Crippen LogP) is 2.15. The molecule has 1 amide bonds. The number of aromatic nitrogens is 2. The molecule has 174 valence electrons. The Labute approximate surface area is 196 Å². The summed E-state index contributed by atoms with van der Waals surface area (Å²) in [5, 5.41) is 3.16. The van der Waals surface area contributed by atoms with Crippen LogP contribution in [0.25, 0.3) is 10.9 Å². The summed E-state index contributed by atoms with van der Waals surface area (Å²) in [5.74, 6) is 0.428. The molecule has 0 unspecified atom stereocenters. The van der Waals surface area contributed by atoms with Gasteiger partial charge in [0, 0.05) is 25.7 Å². The minimum atomic E-state index is -0.439. The molecule has 1 heterocycles. The van der Waals surface area contributed by atoms with Crippen LogP contribution >= 0.6 is 0 Å². The summed E-state index contributed by atoms with van der Waals surface area (Å²) in [7, 11) is 3.21. The summed E-state index contributed by atoms with van der Waals surface area (Å²) < 4.78 is 7.74. The number of hydrogen-bond acceptors (Lipinski definition) is 5. The van der Waals surface area contributed by atoms with Crippen molar-refractivity contribution in [2.45, 2.75) is 19.6 Å². The molecule has 0 saturated carbocycles. The lowest BCUT2D eigenvalue weighted by Crippen LogP contribution is -2.39. The monoisotopic (exact) mass is 458 g/mol. The Morgan fingerprint density at radius 1 is 0.941 bits per heavy atom. The summed E-state index contributed by atoms with van der Waals surface area (Å²) in [5.41, 5.74) is 8.29. The Morgan fingerprint density at radius 2 is 1.59 bits per heavy atom. The van der Waals surface area contributed by atoms with Crippen LogP contribution in [0.2, 0.25) is 0 Å². The number of methoxy groups -OCH3 is 1. The molecule has 3 aromatic carbocycles. The number of rotatable bonds is 7. The lowest BCUT2D eigenvalue weighted by Gasteiger charge is -2.12. The van der Waals surface area contributed by atoms with Gasteiger partial charge in [0.2, 0.25) is 0 Å². The van der Waals surface area contributed by atoms with Crippen molar-refractivity contribution in [3.63, 3.8) is 0 Å². The van der Waals surface area contributed by atoms with Crippen molar-refractivity contribution in [3.8, 4) is 5.75 Å². The zero-order valence-corrected chi connectivity index (χ0v) is 19.1. The maximum atomic E-state index is 13.2. The first kappa shape index (κ1) is 23.0. The number of nitrogens with two attached hydrogens (primary N) is 1. The molecule has 8 nitrogen and oxygen atoms in total. The normalized spacial score (nSPS) is 10.9. The highest BCUT2D eigenvalue weighted by molar-refractivity contribution is 5.97. The molecular formula is C26H26N4O4. The molecule has 0 saturated heterocycles. The van der Waals surface area contributed by atoms with Gasteiger partial charge in [-0.05, 0) is 47.0 Å². The molecule has 3 N–H and O–H groups in total. The lowest BCUT2D eigenvalue weighted by molar-refractivity contribution is 0.0951. The van der Waals surface area contributed by atoms with Crippen LogP contribution in [0, 0.1) is 0 Å². The Bertz CT molecular complexity index is 1450. The van der Waals surface area contributed by atoms with Gasteiger partial charge >= 0.3 is 5.69 Å².